The van der Waals surface area contributed by atoms with Crippen LogP contribution in [0.3, 0.4) is 0 Å². The standard InChI is InChI=1S/C13H18ClN3OS/c1-8(2)16-12(18)7-17(3)9-4-5-10(13(15)19)11(14)6-9/h4-6,8H,7H2,1-3H3,(H2,15,19)(H,16,18). The number of nitrogens with zero attached hydrogens (tertiary/aromatic N) is 1. The van der Waals surface area contributed by atoms with Gasteiger partial charge in [0.2, 0.25) is 5.91 Å². The number of amides is 1. The fourth-order valence-corrected chi connectivity index (χ4v) is 2.13. The maximum Gasteiger partial charge on any atom is 0.239 e. The van der Waals surface area contributed by atoms with Gasteiger partial charge in [-0.25, -0.2) is 0 Å². The third kappa shape index (κ3) is 4.69. The molecule has 0 spiro atoms. The van der Waals surface area contributed by atoms with Crippen molar-refractivity contribution in [3.63, 3.8) is 0 Å². The highest BCUT2D eigenvalue weighted by molar-refractivity contribution is 7.80. The van der Waals surface area contributed by atoms with E-state index in [0.29, 0.717) is 10.6 Å². The molecule has 0 aromatic heterocycles. The van der Waals surface area contributed by atoms with Crippen molar-refractivity contribution in [1.82, 2.24) is 5.32 Å². The van der Waals surface area contributed by atoms with E-state index in [4.69, 9.17) is 29.6 Å². The van der Waals surface area contributed by atoms with Crippen LogP contribution in [0.15, 0.2) is 18.2 Å². The molecule has 0 aliphatic heterocycles. The Hall–Kier alpha value is -1.33. The van der Waals surface area contributed by atoms with E-state index in [1.807, 2.05) is 31.9 Å². The number of likely N-dealkylation sites (N-methyl/N-ethyl adjacent to an activating group) is 1. The topological polar surface area (TPSA) is 58.4 Å². The molecule has 0 unspecified atom stereocenters. The lowest BCUT2D eigenvalue weighted by Crippen LogP contribution is -2.38. The number of nitrogens with two attached hydrogens (primary N) is 1. The minimum Gasteiger partial charge on any atom is -0.389 e. The molecule has 1 aromatic carbocycles. The average molecular weight is 300 g/mol. The number of halogens is 1. The molecule has 0 aliphatic rings. The average Bonchev–Trinajstić information content (AvgIpc) is 2.26. The Bertz CT molecular complexity index is 491. The van der Waals surface area contributed by atoms with Gasteiger partial charge in [-0.05, 0) is 32.0 Å². The Balaban J connectivity index is 2.78. The summed E-state index contributed by atoms with van der Waals surface area (Å²) in [5.74, 6) is -0.0351. The second kappa shape index (κ2) is 6.73. The highest BCUT2D eigenvalue weighted by atomic mass is 35.5. The van der Waals surface area contributed by atoms with Crippen LogP contribution in [-0.4, -0.2) is 30.5 Å². The summed E-state index contributed by atoms with van der Waals surface area (Å²) in [6, 6.07) is 5.47. The Morgan fingerprint density at radius 2 is 2.16 bits per heavy atom. The molecular weight excluding hydrogens is 282 g/mol. The van der Waals surface area contributed by atoms with Crippen LogP contribution in [0.2, 0.25) is 5.02 Å². The molecule has 3 N–H and O–H groups in total. The van der Waals surface area contributed by atoms with Crippen molar-refractivity contribution in [2.75, 3.05) is 18.5 Å². The summed E-state index contributed by atoms with van der Waals surface area (Å²) < 4.78 is 0. The fraction of sp³-hybridized carbons (Fsp3) is 0.385. The summed E-state index contributed by atoms with van der Waals surface area (Å²) in [7, 11) is 1.83. The smallest absolute Gasteiger partial charge is 0.239 e. The molecular formula is C13H18ClN3OS. The summed E-state index contributed by atoms with van der Waals surface area (Å²) in [5, 5.41) is 3.32. The first-order valence-electron chi connectivity index (χ1n) is 5.91. The van der Waals surface area contributed by atoms with Crippen molar-refractivity contribution in [2.45, 2.75) is 19.9 Å². The summed E-state index contributed by atoms with van der Waals surface area (Å²) >= 11 is 11.0. The number of hydrogen-bond acceptors (Lipinski definition) is 3. The summed E-state index contributed by atoms with van der Waals surface area (Å²) in [5.41, 5.74) is 7.02. The van der Waals surface area contributed by atoms with Gasteiger partial charge in [-0.3, -0.25) is 4.79 Å². The van der Waals surface area contributed by atoms with Gasteiger partial charge < -0.3 is 16.0 Å². The number of benzene rings is 1. The van der Waals surface area contributed by atoms with Crippen molar-refractivity contribution in [3.8, 4) is 0 Å². The number of carbonyl (C=O) groups is 1. The van der Waals surface area contributed by atoms with Gasteiger partial charge in [0.05, 0.1) is 11.6 Å². The molecule has 0 bridgehead atoms. The highest BCUT2D eigenvalue weighted by Gasteiger charge is 2.11. The number of thiocarbonyl (C=S) groups is 1. The van der Waals surface area contributed by atoms with E-state index in [0.717, 1.165) is 5.69 Å². The van der Waals surface area contributed by atoms with Gasteiger partial charge in [-0.15, -0.1) is 0 Å². The quantitative estimate of drug-likeness (QED) is 0.816. The van der Waals surface area contributed by atoms with Gasteiger partial charge in [-0.1, -0.05) is 23.8 Å². The molecule has 0 saturated carbocycles. The third-order valence-corrected chi connectivity index (χ3v) is 3.02. The Morgan fingerprint density at radius 1 is 1.53 bits per heavy atom. The molecule has 104 valence electrons. The van der Waals surface area contributed by atoms with E-state index in [2.05, 4.69) is 5.32 Å². The largest absolute Gasteiger partial charge is 0.389 e. The fourth-order valence-electron chi connectivity index (χ4n) is 1.62. The van der Waals surface area contributed by atoms with Gasteiger partial charge in [0, 0.05) is 24.3 Å². The van der Waals surface area contributed by atoms with Crippen LogP contribution >= 0.6 is 23.8 Å². The van der Waals surface area contributed by atoms with Crippen LogP contribution in [0.25, 0.3) is 0 Å². The molecule has 0 aliphatic carbocycles. The van der Waals surface area contributed by atoms with Gasteiger partial charge in [-0.2, -0.15) is 0 Å². The number of carbonyl (C=O) groups excluding carboxylic acids is 1. The maximum absolute atomic E-state index is 11.7. The lowest BCUT2D eigenvalue weighted by atomic mass is 10.2. The second-order valence-corrected chi connectivity index (χ2v) is 5.45. The second-order valence-electron chi connectivity index (χ2n) is 4.61. The Morgan fingerprint density at radius 3 is 2.63 bits per heavy atom. The van der Waals surface area contributed by atoms with E-state index in [1.165, 1.54) is 0 Å². The molecule has 0 saturated heterocycles. The Labute approximate surface area is 123 Å². The van der Waals surface area contributed by atoms with E-state index in [-0.39, 0.29) is 23.5 Å². The molecule has 0 radical (unpaired) electrons. The van der Waals surface area contributed by atoms with Crippen molar-refractivity contribution >= 4 is 40.4 Å². The predicted molar refractivity (Wildman–Crippen MR) is 83.9 cm³/mol. The molecule has 0 heterocycles. The first kappa shape index (κ1) is 15.7. The lowest BCUT2D eigenvalue weighted by molar-refractivity contribution is -0.120. The van der Waals surface area contributed by atoms with Gasteiger partial charge in [0.15, 0.2) is 0 Å². The zero-order valence-corrected chi connectivity index (χ0v) is 12.8. The normalized spacial score (nSPS) is 10.4. The molecule has 4 nitrogen and oxygen atoms in total. The summed E-state index contributed by atoms with van der Waals surface area (Å²) in [6.45, 7) is 4.11. The SMILES string of the molecule is CC(C)NC(=O)CN(C)c1ccc(C(N)=S)c(Cl)c1. The molecule has 1 rings (SSSR count). The maximum atomic E-state index is 11.7. The van der Waals surface area contributed by atoms with E-state index in [1.54, 1.807) is 12.1 Å². The van der Waals surface area contributed by atoms with Crippen LogP contribution in [0.4, 0.5) is 5.69 Å². The van der Waals surface area contributed by atoms with Crippen LogP contribution in [0, 0.1) is 0 Å². The lowest BCUT2D eigenvalue weighted by Gasteiger charge is -2.20. The number of nitrogens with one attached hydrogen (secondary N) is 1. The zero-order valence-electron chi connectivity index (χ0n) is 11.2. The predicted octanol–water partition coefficient (Wildman–Crippen LogP) is 1.94. The van der Waals surface area contributed by atoms with Crippen molar-refractivity contribution in [2.24, 2.45) is 5.73 Å². The van der Waals surface area contributed by atoms with Gasteiger partial charge >= 0.3 is 0 Å². The van der Waals surface area contributed by atoms with Crippen molar-refractivity contribution in [3.05, 3.63) is 28.8 Å². The summed E-state index contributed by atoms with van der Waals surface area (Å²) in [4.78, 5) is 13.7. The third-order valence-electron chi connectivity index (χ3n) is 2.49. The molecule has 6 heteroatoms. The van der Waals surface area contributed by atoms with E-state index in [9.17, 15) is 4.79 Å². The zero-order chi connectivity index (χ0) is 14.6. The molecule has 1 amide bonds. The monoisotopic (exact) mass is 299 g/mol. The minimum atomic E-state index is -0.0351. The molecule has 1 aromatic rings. The highest BCUT2D eigenvalue weighted by Crippen LogP contribution is 2.23. The molecule has 0 atom stereocenters. The number of hydrogen-bond donors (Lipinski definition) is 2. The van der Waals surface area contributed by atoms with E-state index < -0.39 is 0 Å². The van der Waals surface area contributed by atoms with Gasteiger partial charge in [0.25, 0.3) is 0 Å². The van der Waals surface area contributed by atoms with Crippen LogP contribution in [0.5, 0.6) is 0 Å². The minimum absolute atomic E-state index is 0.0351. The van der Waals surface area contributed by atoms with E-state index >= 15 is 0 Å². The van der Waals surface area contributed by atoms with Crippen LogP contribution in [0.1, 0.15) is 19.4 Å². The van der Waals surface area contributed by atoms with Crippen LogP contribution < -0.4 is 16.0 Å². The van der Waals surface area contributed by atoms with Crippen molar-refractivity contribution in [1.29, 1.82) is 0 Å². The first-order valence-corrected chi connectivity index (χ1v) is 6.69. The first-order chi connectivity index (χ1) is 8.81. The number of rotatable bonds is 5. The van der Waals surface area contributed by atoms with Crippen LogP contribution in [-0.2, 0) is 4.79 Å². The molecule has 19 heavy (non-hydrogen) atoms. The summed E-state index contributed by atoms with van der Waals surface area (Å²) in [6.07, 6.45) is 0. The molecule has 0 fully saturated rings. The number of anilines is 1. The van der Waals surface area contributed by atoms with Crippen molar-refractivity contribution < 1.29 is 4.79 Å². The Kier molecular flexibility index (Phi) is 5.57. The van der Waals surface area contributed by atoms with Gasteiger partial charge in [0.1, 0.15) is 4.99 Å².